The highest BCUT2D eigenvalue weighted by Crippen LogP contribution is 2.32. The summed E-state index contributed by atoms with van der Waals surface area (Å²) < 4.78 is 5.22. The standard InChI is InChI=1S/C23H29N5O2/c1-3-11-27-12-9-20-19(16-27)22(26-21(25-20)18-6-5-10-24-15-18)28-13-7-17(8-14-28)23(29)30-4-2/h3,5-6,10,15,17H,1,4,7-9,11-14,16H2,2H3. The number of anilines is 1. The highest BCUT2D eigenvalue weighted by Gasteiger charge is 2.30. The summed E-state index contributed by atoms with van der Waals surface area (Å²) in [6.07, 6.45) is 7.99. The molecule has 0 aliphatic carbocycles. The molecule has 7 nitrogen and oxygen atoms in total. The molecule has 30 heavy (non-hydrogen) atoms. The Bertz CT molecular complexity index is 894. The molecule has 1 fully saturated rings. The minimum atomic E-state index is -0.0740. The van der Waals surface area contributed by atoms with Crippen molar-refractivity contribution in [2.24, 2.45) is 5.92 Å². The van der Waals surface area contributed by atoms with E-state index < -0.39 is 0 Å². The molecule has 7 heteroatoms. The zero-order valence-electron chi connectivity index (χ0n) is 17.6. The van der Waals surface area contributed by atoms with Crippen molar-refractivity contribution in [3.8, 4) is 11.4 Å². The SMILES string of the molecule is C=CCN1CCc2nc(-c3cccnc3)nc(N3CCC(C(=O)OCC)CC3)c2C1. The Kier molecular flexibility index (Phi) is 6.38. The highest BCUT2D eigenvalue weighted by atomic mass is 16.5. The Balaban J connectivity index is 1.64. The van der Waals surface area contributed by atoms with Gasteiger partial charge in [-0.15, -0.1) is 6.58 Å². The molecule has 0 saturated carbocycles. The predicted octanol–water partition coefficient (Wildman–Crippen LogP) is 2.86. The molecule has 0 aromatic carbocycles. The van der Waals surface area contributed by atoms with Gasteiger partial charge in [-0.05, 0) is 31.9 Å². The second-order valence-electron chi connectivity index (χ2n) is 7.82. The maximum absolute atomic E-state index is 12.1. The maximum atomic E-state index is 12.1. The van der Waals surface area contributed by atoms with Crippen LogP contribution in [-0.4, -0.2) is 58.6 Å². The molecular weight excluding hydrogens is 378 g/mol. The first-order valence-corrected chi connectivity index (χ1v) is 10.7. The van der Waals surface area contributed by atoms with Crippen LogP contribution in [0.3, 0.4) is 0 Å². The smallest absolute Gasteiger partial charge is 0.309 e. The van der Waals surface area contributed by atoms with Crippen molar-refractivity contribution < 1.29 is 9.53 Å². The normalized spacial score (nSPS) is 17.4. The van der Waals surface area contributed by atoms with Gasteiger partial charge in [-0.1, -0.05) is 6.08 Å². The number of ether oxygens (including phenoxy) is 1. The van der Waals surface area contributed by atoms with E-state index in [9.17, 15) is 4.79 Å². The average molecular weight is 408 g/mol. The fourth-order valence-electron chi connectivity index (χ4n) is 4.26. The number of hydrogen-bond donors (Lipinski definition) is 0. The van der Waals surface area contributed by atoms with Crippen LogP contribution in [0.2, 0.25) is 0 Å². The molecular formula is C23H29N5O2. The van der Waals surface area contributed by atoms with Crippen LogP contribution in [0.1, 0.15) is 31.0 Å². The fraction of sp³-hybridized carbons (Fsp3) is 0.478. The summed E-state index contributed by atoms with van der Waals surface area (Å²) >= 11 is 0. The number of hydrogen-bond acceptors (Lipinski definition) is 7. The van der Waals surface area contributed by atoms with Crippen LogP contribution in [0.5, 0.6) is 0 Å². The van der Waals surface area contributed by atoms with Crippen LogP contribution in [0.15, 0.2) is 37.2 Å². The van der Waals surface area contributed by atoms with Gasteiger partial charge in [-0.3, -0.25) is 14.7 Å². The maximum Gasteiger partial charge on any atom is 0.309 e. The number of pyridine rings is 1. The van der Waals surface area contributed by atoms with Gasteiger partial charge in [-0.25, -0.2) is 9.97 Å². The molecule has 0 atom stereocenters. The first-order valence-electron chi connectivity index (χ1n) is 10.7. The summed E-state index contributed by atoms with van der Waals surface area (Å²) in [5, 5.41) is 0. The molecule has 0 bridgehead atoms. The second kappa shape index (κ2) is 9.34. The number of carbonyl (C=O) groups is 1. The highest BCUT2D eigenvalue weighted by molar-refractivity contribution is 5.73. The van der Waals surface area contributed by atoms with Crippen LogP contribution < -0.4 is 4.90 Å². The predicted molar refractivity (Wildman–Crippen MR) is 116 cm³/mol. The van der Waals surface area contributed by atoms with E-state index in [0.29, 0.717) is 6.61 Å². The van der Waals surface area contributed by atoms with Crippen molar-refractivity contribution in [3.05, 3.63) is 48.4 Å². The van der Waals surface area contributed by atoms with Gasteiger partial charge in [0.15, 0.2) is 5.82 Å². The van der Waals surface area contributed by atoms with Crippen LogP contribution in [0, 0.1) is 5.92 Å². The van der Waals surface area contributed by atoms with E-state index in [-0.39, 0.29) is 11.9 Å². The number of rotatable bonds is 6. The molecule has 2 aliphatic heterocycles. The van der Waals surface area contributed by atoms with E-state index >= 15 is 0 Å². The third-order valence-corrected chi connectivity index (χ3v) is 5.84. The third kappa shape index (κ3) is 4.36. The minimum Gasteiger partial charge on any atom is -0.466 e. The number of fused-ring (bicyclic) bond motifs is 1. The molecule has 4 heterocycles. The van der Waals surface area contributed by atoms with Crippen molar-refractivity contribution in [3.63, 3.8) is 0 Å². The fourth-order valence-corrected chi connectivity index (χ4v) is 4.26. The summed E-state index contributed by atoms with van der Waals surface area (Å²) in [4.78, 5) is 30.9. The molecule has 2 aromatic rings. The van der Waals surface area contributed by atoms with Crippen molar-refractivity contribution in [1.29, 1.82) is 0 Å². The van der Waals surface area contributed by atoms with Gasteiger partial charge >= 0.3 is 5.97 Å². The van der Waals surface area contributed by atoms with Gasteiger partial charge in [0.05, 0.1) is 18.2 Å². The van der Waals surface area contributed by atoms with E-state index in [2.05, 4.69) is 21.4 Å². The molecule has 4 rings (SSSR count). The minimum absolute atomic E-state index is 0.0195. The summed E-state index contributed by atoms with van der Waals surface area (Å²) in [6, 6.07) is 3.91. The molecule has 0 unspecified atom stereocenters. The number of aromatic nitrogens is 3. The van der Waals surface area contributed by atoms with Gasteiger partial charge in [0, 0.05) is 62.7 Å². The lowest BCUT2D eigenvalue weighted by Crippen LogP contribution is -2.40. The molecule has 2 aliphatic rings. The molecule has 1 saturated heterocycles. The lowest BCUT2D eigenvalue weighted by Gasteiger charge is -2.36. The van der Waals surface area contributed by atoms with E-state index in [1.165, 1.54) is 5.56 Å². The number of esters is 1. The molecule has 2 aromatic heterocycles. The summed E-state index contributed by atoms with van der Waals surface area (Å²) in [5.41, 5.74) is 3.24. The zero-order chi connectivity index (χ0) is 20.9. The molecule has 158 valence electrons. The largest absolute Gasteiger partial charge is 0.466 e. The third-order valence-electron chi connectivity index (χ3n) is 5.84. The summed E-state index contributed by atoms with van der Waals surface area (Å²) in [7, 11) is 0. The Hall–Kier alpha value is -2.80. The Morgan fingerprint density at radius 2 is 2.13 bits per heavy atom. The monoisotopic (exact) mass is 407 g/mol. The molecule has 0 spiro atoms. The lowest BCUT2D eigenvalue weighted by atomic mass is 9.96. The van der Waals surface area contributed by atoms with Gasteiger partial charge in [0.2, 0.25) is 0 Å². The van der Waals surface area contributed by atoms with Crippen molar-refractivity contribution >= 4 is 11.8 Å². The average Bonchev–Trinajstić information content (AvgIpc) is 2.79. The quantitative estimate of drug-likeness (QED) is 0.539. The van der Waals surface area contributed by atoms with E-state index in [1.807, 2.05) is 31.3 Å². The topological polar surface area (TPSA) is 71.5 Å². The van der Waals surface area contributed by atoms with E-state index in [1.54, 1.807) is 6.20 Å². The first kappa shape index (κ1) is 20.5. The first-order chi connectivity index (χ1) is 14.7. The Morgan fingerprint density at radius 3 is 2.83 bits per heavy atom. The van der Waals surface area contributed by atoms with Crippen molar-refractivity contribution in [2.75, 3.05) is 37.7 Å². The van der Waals surface area contributed by atoms with Crippen molar-refractivity contribution in [1.82, 2.24) is 19.9 Å². The summed E-state index contributed by atoms with van der Waals surface area (Å²) in [5.74, 6) is 1.63. The number of nitrogens with zero attached hydrogens (tertiary/aromatic N) is 5. The van der Waals surface area contributed by atoms with Crippen molar-refractivity contribution in [2.45, 2.75) is 32.7 Å². The Labute approximate surface area is 177 Å². The van der Waals surface area contributed by atoms with Gasteiger partial charge < -0.3 is 9.64 Å². The van der Waals surface area contributed by atoms with Gasteiger partial charge in [-0.2, -0.15) is 0 Å². The van der Waals surface area contributed by atoms with Gasteiger partial charge in [0.1, 0.15) is 5.82 Å². The Morgan fingerprint density at radius 1 is 1.30 bits per heavy atom. The van der Waals surface area contributed by atoms with Crippen LogP contribution >= 0.6 is 0 Å². The number of carbonyl (C=O) groups excluding carboxylic acids is 1. The molecule has 0 N–H and O–H groups in total. The second-order valence-corrected chi connectivity index (χ2v) is 7.82. The summed E-state index contributed by atoms with van der Waals surface area (Å²) in [6.45, 7) is 10.4. The van der Waals surface area contributed by atoms with Crippen LogP contribution in [0.4, 0.5) is 5.82 Å². The molecule has 0 amide bonds. The van der Waals surface area contributed by atoms with E-state index in [0.717, 1.165) is 74.9 Å². The molecule has 0 radical (unpaired) electrons. The van der Waals surface area contributed by atoms with Crippen LogP contribution in [0.25, 0.3) is 11.4 Å². The zero-order valence-corrected chi connectivity index (χ0v) is 17.6. The number of piperidine rings is 1. The van der Waals surface area contributed by atoms with Crippen LogP contribution in [-0.2, 0) is 22.5 Å². The van der Waals surface area contributed by atoms with Gasteiger partial charge in [0.25, 0.3) is 0 Å². The van der Waals surface area contributed by atoms with E-state index in [4.69, 9.17) is 14.7 Å². The lowest BCUT2D eigenvalue weighted by molar-refractivity contribution is -0.148.